The topological polar surface area (TPSA) is 57.7 Å². The molecule has 1 heterocycles. The Labute approximate surface area is 139 Å². The van der Waals surface area contributed by atoms with E-state index in [1.54, 1.807) is 4.90 Å². The van der Waals surface area contributed by atoms with Crippen molar-refractivity contribution in [1.29, 1.82) is 0 Å². The minimum absolute atomic E-state index is 0.0149. The molecule has 6 heteroatoms. The van der Waals surface area contributed by atoms with Gasteiger partial charge in [-0.05, 0) is 12.0 Å². The zero-order valence-corrected chi connectivity index (χ0v) is 15.0. The van der Waals surface area contributed by atoms with Crippen molar-refractivity contribution in [2.24, 2.45) is 5.41 Å². The fourth-order valence-electron chi connectivity index (χ4n) is 2.73. The second kappa shape index (κ2) is 7.01. The van der Waals surface area contributed by atoms with Crippen molar-refractivity contribution in [3.8, 4) is 0 Å². The summed E-state index contributed by atoms with van der Waals surface area (Å²) in [5.41, 5.74) is 0.359. The van der Waals surface area contributed by atoms with Gasteiger partial charge in [0.05, 0.1) is 5.75 Å². The van der Waals surface area contributed by atoms with Crippen LogP contribution in [-0.2, 0) is 20.6 Å². The first kappa shape index (κ1) is 17.9. The molecule has 1 aliphatic heterocycles. The Kier molecular flexibility index (Phi) is 5.47. The van der Waals surface area contributed by atoms with Gasteiger partial charge in [-0.25, -0.2) is 8.42 Å². The number of hydrogen-bond donors (Lipinski definition) is 0. The summed E-state index contributed by atoms with van der Waals surface area (Å²) < 4.78 is 26.7. The predicted octanol–water partition coefficient (Wildman–Crippen LogP) is 2.10. The van der Waals surface area contributed by atoms with E-state index >= 15 is 0 Å². The van der Waals surface area contributed by atoms with Gasteiger partial charge >= 0.3 is 0 Å². The third-order valence-corrected chi connectivity index (χ3v) is 5.82. The average Bonchev–Trinajstić information content (AvgIpc) is 2.72. The first-order valence-corrected chi connectivity index (χ1v) is 9.62. The van der Waals surface area contributed by atoms with Gasteiger partial charge in [-0.15, -0.1) is 0 Å². The largest absolute Gasteiger partial charge is 0.341 e. The molecular weight excluding hydrogens is 312 g/mol. The number of benzene rings is 1. The molecule has 128 valence electrons. The molecule has 1 amide bonds. The molecule has 1 saturated heterocycles. The lowest BCUT2D eigenvalue weighted by Crippen LogP contribution is -2.42. The van der Waals surface area contributed by atoms with Gasteiger partial charge in [-0.1, -0.05) is 51.1 Å². The lowest BCUT2D eigenvalue weighted by Gasteiger charge is -2.28. The molecule has 1 fully saturated rings. The molecule has 0 saturated carbocycles. The maximum absolute atomic E-state index is 12.6. The van der Waals surface area contributed by atoms with E-state index in [4.69, 9.17) is 0 Å². The second-order valence-electron chi connectivity index (χ2n) is 7.04. The van der Waals surface area contributed by atoms with Gasteiger partial charge in [0.2, 0.25) is 15.9 Å². The quantitative estimate of drug-likeness (QED) is 0.848. The number of sulfonamides is 1. The summed E-state index contributed by atoms with van der Waals surface area (Å²) in [6.45, 7) is 7.61. The molecule has 0 bridgehead atoms. The minimum Gasteiger partial charge on any atom is -0.341 e. The van der Waals surface area contributed by atoms with Gasteiger partial charge < -0.3 is 4.90 Å². The fourth-order valence-corrected chi connectivity index (χ4v) is 4.29. The van der Waals surface area contributed by atoms with Crippen LogP contribution in [0.5, 0.6) is 0 Å². The Bertz CT molecular complexity index is 636. The van der Waals surface area contributed by atoms with Crippen LogP contribution in [0.1, 0.15) is 32.8 Å². The average molecular weight is 338 g/mol. The Hall–Kier alpha value is -1.40. The van der Waals surface area contributed by atoms with Crippen molar-refractivity contribution in [3.05, 3.63) is 35.9 Å². The summed E-state index contributed by atoms with van der Waals surface area (Å²) in [5, 5.41) is 0. The molecule has 0 aliphatic carbocycles. The maximum atomic E-state index is 12.6. The molecule has 23 heavy (non-hydrogen) atoms. The number of nitrogens with zero attached hydrogens (tertiary/aromatic N) is 2. The Morgan fingerprint density at radius 3 is 2.30 bits per heavy atom. The molecule has 1 aliphatic rings. The second-order valence-corrected chi connectivity index (χ2v) is 9.01. The standard InChI is InChI=1S/C17H26N2O3S/c1-17(2,3)16(20)18-10-7-11-19(13-12-18)23(21,22)14-15-8-5-4-6-9-15/h4-6,8-9H,7,10-14H2,1-3H3. The molecule has 5 nitrogen and oxygen atoms in total. The van der Waals surface area contributed by atoms with E-state index in [0.717, 1.165) is 5.56 Å². The van der Waals surface area contributed by atoms with E-state index in [1.165, 1.54) is 4.31 Å². The van der Waals surface area contributed by atoms with E-state index in [-0.39, 0.29) is 11.7 Å². The van der Waals surface area contributed by atoms with Crippen molar-refractivity contribution >= 4 is 15.9 Å². The number of hydrogen-bond acceptors (Lipinski definition) is 3. The highest BCUT2D eigenvalue weighted by molar-refractivity contribution is 7.88. The van der Waals surface area contributed by atoms with Crippen molar-refractivity contribution in [2.45, 2.75) is 32.9 Å². The number of rotatable bonds is 3. The normalized spacial score (nSPS) is 17.8. The van der Waals surface area contributed by atoms with Crippen molar-refractivity contribution in [3.63, 3.8) is 0 Å². The Morgan fingerprint density at radius 1 is 1.04 bits per heavy atom. The molecule has 2 rings (SSSR count). The van der Waals surface area contributed by atoms with Gasteiger partial charge in [0.15, 0.2) is 0 Å². The minimum atomic E-state index is -3.35. The van der Waals surface area contributed by atoms with E-state index < -0.39 is 15.4 Å². The van der Waals surface area contributed by atoms with Crippen LogP contribution in [0.4, 0.5) is 0 Å². The van der Waals surface area contributed by atoms with Crippen LogP contribution >= 0.6 is 0 Å². The highest BCUT2D eigenvalue weighted by atomic mass is 32.2. The molecule has 0 aromatic heterocycles. The van der Waals surface area contributed by atoms with E-state index in [9.17, 15) is 13.2 Å². The molecule has 1 aromatic rings. The summed E-state index contributed by atoms with van der Waals surface area (Å²) in [4.78, 5) is 14.2. The monoisotopic (exact) mass is 338 g/mol. The zero-order valence-electron chi connectivity index (χ0n) is 14.2. The molecule has 0 unspecified atom stereocenters. The molecule has 0 N–H and O–H groups in total. The van der Waals surface area contributed by atoms with Gasteiger partial charge in [-0.3, -0.25) is 4.79 Å². The number of amides is 1. The van der Waals surface area contributed by atoms with Crippen LogP contribution in [0.3, 0.4) is 0 Å². The third-order valence-electron chi connectivity index (χ3n) is 3.97. The highest BCUT2D eigenvalue weighted by Gasteiger charge is 2.31. The Balaban J connectivity index is 2.04. The first-order chi connectivity index (χ1) is 10.7. The summed E-state index contributed by atoms with van der Waals surface area (Å²) in [5.74, 6) is 0.0981. The third kappa shape index (κ3) is 4.78. The molecule has 0 spiro atoms. The predicted molar refractivity (Wildman–Crippen MR) is 91.3 cm³/mol. The van der Waals surface area contributed by atoms with Crippen LogP contribution in [0.15, 0.2) is 30.3 Å². The molecular formula is C17H26N2O3S. The fraction of sp³-hybridized carbons (Fsp3) is 0.588. The highest BCUT2D eigenvalue weighted by Crippen LogP contribution is 2.20. The number of carbonyl (C=O) groups excluding carboxylic acids is 1. The lowest BCUT2D eigenvalue weighted by atomic mass is 9.94. The lowest BCUT2D eigenvalue weighted by molar-refractivity contribution is -0.139. The van der Waals surface area contributed by atoms with E-state index in [2.05, 4.69) is 0 Å². The van der Waals surface area contributed by atoms with Gasteiger partial charge in [0.25, 0.3) is 0 Å². The summed E-state index contributed by atoms with van der Waals surface area (Å²) in [6.07, 6.45) is 0.676. The van der Waals surface area contributed by atoms with Crippen molar-refractivity contribution in [1.82, 2.24) is 9.21 Å². The van der Waals surface area contributed by atoms with Crippen LogP contribution in [-0.4, -0.2) is 49.7 Å². The smallest absolute Gasteiger partial charge is 0.227 e. The first-order valence-electron chi connectivity index (χ1n) is 8.01. The van der Waals surface area contributed by atoms with Crippen molar-refractivity contribution < 1.29 is 13.2 Å². The molecule has 1 aromatic carbocycles. The summed E-state index contributed by atoms with van der Waals surface area (Å²) in [6, 6.07) is 9.21. The molecule has 0 radical (unpaired) electrons. The summed E-state index contributed by atoms with van der Waals surface area (Å²) in [7, 11) is -3.35. The van der Waals surface area contributed by atoms with Crippen molar-refractivity contribution in [2.75, 3.05) is 26.2 Å². The van der Waals surface area contributed by atoms with Crippen LogP contribution in [0.25, 0.3) is 0 Å². The molecule has 0 atom stereocenters. The van der Waals surface area contributed by atoms with E-state index in [1.807, 2.05) is 51.1 Å². The van der Waals surface area contributed by atoms with Crippen LogP contribution in [0.2, 0.25) is 0 Å². The van der Waals surface area contributed by atoms with Gasteiger partial charge in [0, 0.05) is 31.6 Å². The summed E-state index contributed by atoms with van der Waals surface area (Å²) >= 11 is 0. The van der Waals surface area contributed by atoms with Gasteiger partial charge in [0.1, 0.15) is 0 Å². The Morgan fingerprint density at radius 2 is 1.70 bits per heavy atom. The SMILES string of the molecule is CC(C)(C)C(=O)N1CCCN(S(=O)(=O)Cc2ccccc2)CC1. The van der Waals surface area contributed by atoms with Crippen LogP contribution < -0.4 is 0 Å². The van der Waals surface area contributed by atoms with Crippen LogP contribution in [0, 0.1) is 5.41 Å². The maximum Gasteiger partial charge on any atom is 0.227 e. The zero-order chi connectivity index (χ0) is 17.1. The number of carbonyl (C=O) groups is 1. The van der Waals surface area contributed by atoms with E-state index in [0.29, 0.717) is 32.6 Å². The van der Waals surface area contributed by atoms with Gasteiger partial charge in [-0.2, -0.15) is 4.31 Å².